The van der Waals surface area contributed by atoms with Gasteiger partial charge in [-0.1, -0.05) is 12.1 Å². The third-order valence-electron chi connectivity index (χ3n) is 3.15. The number of carbonyl (C=O) groups is 1. The number of rotatable bonds is 4. The van der Waals surface area contributed by atoms with Crippen molar-refractivity contribution in [1.29, 1.82) is 0 Å². The molecule has 0 radical (unpaired) electrons. The number of benzene rings is 1. The third-order valence-corrected chi connectivity index (χ3v) is 3.59. The van der Waals surface area contributed by atoms with Crippen LogP contribution in [-0.4, -0.2) is 10.5 Å². The van der Waals surface area contributed by atoms with Crippen LogP contribution in [0.25, 0.3) is 0 Å². The summed E-state index contributed by atoms with van der Waals surface area (Å²) in [7, 11) is 0. The molecular formula is C15H16BrFN2O. The number of halogens is 2. The lowest BCUT2D eigenvalue weighted by Gasteiger charge is -2.15. The number of carbonyl (C=O) groups excluding carboxylic acids is 1. The summed E-state index contributed by atoms with van der Waals surface area (Å²) in [5.74, 6) is -0.426. The maximum absolute atomic E-state index is 12.9. The fourth-order valence-electron chi connectivity index (χ4n) is 2.03. The van der Waals surface area contributed by atoms with Gasteiger partial charge in [0.25, 0.3) is 5.91 Å². The number of nitrogens with one attached hydrogen (secondary N) is 1. The van der Waals surface area contributed by atoms with E-state index in [-0.39, 0.29) is 17.8 Å². The van der Waals surface area contributed by atoms with Crippen LogP contribution in [0, 0.1) is 5.82 Å². The van der Waals surface area contributed by atoms with E-state index in [0.29, 0.717) is 5.69 Å². The SMILES string of the molecule is CCn1cc(Br)cc1C(=O)NC(C)c1ccc(F)cc1. The molecule has 0 aliphatic heterocycles. The molecule has 0 saturated carbocycles. The molecule has 1 amide bonds. The third kappa shape index (κ3) is 3.28. The highest BCUT2D eigenvalue weighted by Gasteiger charge is 2.15. The van der Waals surface area contributed by atoms with Gasteiger partial charge in [-0.2, -0.15) is 0 Å². The van der Waals surface area contributed by atoms with Crippen LogP contribution in [0.3, 0.4) is 0 Å². The number of nitrogens with zero attached hydrogens (tertiary/aromatic N) is 1. The lowest BCUT2D eigenvalue weighted by Crippen LogP contribution is -2.28. The summed E-state index contributed by atoms with van der Waals surface area (Å²) in [6.07, 6.45) is 1.87. The second-order valence-electron chi connectivity index (χ2n) is 4.58. The van der Waals surface area contributed by atoms with Crippen LogP contribution in [-0.2, 0) is 6.54 Å². The standard InChI is InChI=1S/C15H16BrFN2O/c1-3-19-9-12(16)8-14(19)15(20)18-10(2)11-4-6-13(17)7-5-11/h4-10H,3H2,1-2H3,(H,18,20). The number of hydrogen-bond donors (Lipinski definition) is 1. The fraction of sp³-hybridized carbons (Fsp3) is 0.267. The van der Waals surface area contributed by atoms with E-state index < -0.39 is 0 Å². The monoisotopic (exact) mass is 338 g/mol. The lowest BCUT2D eigenvalue weighted by molar-refractivity contribution is 0.0930. The van der Waals surface area contributed by atoms with Gasteiger partial charge >= 0.3 is 0 Å². The Kier molecular flexibility index (Phi) is 4.60. The quantitative estimate of drug-likeness (QED) is 0.901. The highest BCUT2D eigenvalue weighted by molar-refractivity contribution is 9.10. The minimum Gasteiger partial charge on any atom is -0.344 e. The summed E-state index contributed by atoms with van der Waals surface area (Å²) in [6.45, 7) is 4.57. The summed E-state index contributed by atoms with van der Waals surface area (Å²) < 4.78 is 15.6. The van der Waals surface area contributed by atoms with Gasteiger partial charge in [-0.3, -0.25) is 4.79 Å². The maximum Gasteiger partial charge on any atom is 0.268 e. The van der Waals surface area contributed by atoms with E-state index in [1.807, 2.05) is 24.6 Å². The van der Waals surface area contributed by atoms with E-state index in [4.69, 9.17) is 0 Å². The molecular weight excluding hydrogens is 323 g/mol. The molecule has 0 aliphatic rings. The van der Waals surface area contributed by atoms with E-state index in [9.17, 15) is 9.18 Å². The summed E-state index contributed by atoms with van der Waals surface area (Å²) in [5.41, 5.74) is 1.47. The van der Waals surface area contributed by atoms with Gasteiger partial charge in [0, 0.05) is 17.2 Å². The Morgan fingerprint density at radius 2 is 2.05 bits per heavy atom. The molecule has 3 nitrogen and oxygen atoms in total. The van der Waals surface area contributed by atoms with Crippen molar-refractivity contribution in [1.82, 2.24) is 9.88 Å². The van der Waals surface area contributed by atoms with Gasteiger partial charge in [0.1, 0.15) is 11.5 Å². The Balaban J connectivity index is 2.12. The fourth-order valence-corrected chi connectivity index (χ4v) is 2.50. The van der Waals surface area contributed by atoms with E-state index >= 15 is 0 Å². The Hall–Kier alpha value is -1.62. The summed E-state index contributed by atoms with van der Waals surface area (Å²) in [5, 5.41) is 2.92. The minimum absolute atomic E-state index is 0.144. The second-order valence-corrected chi connectivity index (χ2v) is 5.49. The normalized spacial score (nSPS) is 12.2. The molecule has 1 aromatic heterocycles. The second kappa shape index (κ2) is 6.22. The van der Waals surface area contributed by atoms with E-state index in [1.54, 1.807) is 18.2 Å². The van der Waals surface area contributed by atoms with Gasteiger partial charge in [0.2, 0.25) is 0 Å². The first-order valence-corrected chi connectivity index (χ1v) is 7.22. The molecule has 0 spiro atoms. The first-order chi connectivity index (χ1) is 9.51. The van der Waals surface area contributed by atoms with Crippen molar-refractivity contribution in [3.8, 4) is 0 Å². The molecule has 5 heteroatoms. The van der Waals surface area contributed by atoms with Crippen molar-refractivity contribution in [2.75, 3.05) is 0 Å². The first kappa shape index (κ1) is 14.8. The molecule has 1 N–H and O–H groups in total. The van der Waals surface area contributed by atoms with Crippen molar-refractivity contribution in [2.24, 2.45) is 0 Å². The molecule has 1 unspecified atom stereocenters. The number of aromatic nitrogens is 1. The Bertz CT molecular complexity index is 607. The van der Waals surface area contributed by atoms with E-state index in [0.717, 1.165) is 16.6 Å². The molecule has 2 rings (SSSR count). The van der Waals surface area contributed by atoms with Gasteiger partial charge in [-0.05, 0) is 53.5 Å². The molecule has 1 heterocycles. The number of amides is 1. The smallest absolute Gasteiger partial charge is 0.268 e. The average molecular weight is 339 g/mol. The highest BCUT2D eigenvalue weighted by Crippen LogP contribution is 2.17. The van der Waals surface area contributed by atoms with Gasteiger partial charge < -0.3 is 9.88 Å². The largest absolute Gasteiger partial charge is 0.344 e. The van der Waals surface area contributed by atoms with Gasteiger partial charge in [-0.25, -0.2) is 4.39 Å². The molecule has 0 bridgehead atoms. The molecule has 0 saturated heterocycles. The molecule has 1 aromatic carbocycles. The minimum atomic E-state index is -0.281. The van der Waals surface area contributed by atoms with Crippen LogP contribution in [0.4, 0.5) is 4.39 Å². The van der Waals surface area contributed by atoms with Crippen LogP contribution in [0.1, 0.15) is 35.9 Å². The molecule has 0 fully saturated rings. The van der Waals surface area contributed by atoms with Crippen LogP contribution in [0.2, 0.25) is 0 Å². The molecule has 20 heavy (non-hydrogen) atoms. The Morgan fingerprint density at radius 1 is 1.40 bits per heavy atom. The molecule has 2 aromatic rings. The summed E-state index contributed by atoms with van der Waals surface area (Å²) >= 11 is 3.37. The molecule has 106 valence electrons. The zero-order valence-electron chi connectivity index (χ0n) is 11.4. The number of aryl methyl sites for hydroxylation is 1. The average Bonchev–Trinajstić information content (AvgIpc) is 2.80. The van der Waals surface area contributed by atoms with Gasteiger partial charge in [0.05, 0.1) is 6.04 Å². The molecule has 0 aliphatic carbocycles. The lowest BCUT2D eigenvalue weighted by atomic mass is 10.1. The van der Waals surface area contributed by atoms with Gasteiger partial charge in [-0.15, -0.1) is 0 Å². The Morgan fingerprint density at radius 3 is 2.65 bits per heavy atom. The van der Waals surface area contributed by atoms with Crippen molar-refractivity contribution < 1.29 is 9.18 Å². The van der Waals surface area contributed by atoms with E-state index in [2.05, 4.69) is 21.2 Å². The maximum atomic E-state index is 12.9. The summed E-state index contributed by atoms with van der Waals surface area (Å²) in [6, 6.07) is 7.74. The zero-order chi connectivity index (χ0) is 14.7. The first-order valence-electron chi connectivity index (χ1n) is 6.43. The predicted molar refractivity (Wildman–Crippen MR) is 80.1 cm³/mol. The Labute approximate surface area is 125 Å². The summed E-state index contributed by atoms with van der Waals surface area (Å²) in [4.78, 5) is 12.3. The van der Waals surface area contributed by atoms with Crippen molar-refractivity contribution in [2.45, 2.75) is 26.4 Å². The van der Waals surface area contributed by atoms with Crippen LogP contribution < -0.4 is 5.32 Å². The van der Waals surface area contributed by atoms with Crippen LogP contribution in [0.5, 0.6) is 0 Å². The van der Waals surface area contributed by atoms with E-state index in [1.165, 1.54) is 12.1 Å². The van der Waals surface area contributed by atoms with Crippen LogP contribution >= 0.6 is 15.9 Å². The van der Waals surface area contributed by atoms with Crippen molar-refractivity contribution >= 4 is 21.8 Å². The zero-order valence-corrected chi connectivity index (χ0v) is 12.9. The van der Waals surface area contributed by atoms with Crippen molar-refractivity contribution in [3.63, 3.8) is 0 Å². The highest BCUT2D eigenvalue weighted by atomic mass is 79.9. The topological polar surface area (TPSA) is 34.0 Å². The van der Waals surface area contributed by atoms with Gasteiger partial charge in [0.15, 0.2) is 0 Å². The number of hydrogen-bond acceptors (Lipinski definition) is 1. The predicted octanol–water partition coefficient (Wildman–Crippen LogP) is 3.90. The molecule has 1 atom stereocenters. The van der Waals surface area contributed by atoms with Crippen LogP contribution in [0.15, 0.2) is 41.0 Å². The van der Waals surface area contributed by atoms with Crippen molar-refractivity contribution in [3.05, 3.63) is 58.1 Å².